The largest absolute Gasteiger partial charge is 0.477 e. The van der Waals surface area contributed by atoms with Crippen LogP contribution in [-0.2, 0) is 10.0 Å². The van der Waals surface area contributed by atoms with Gasteiger partial charge in [0.15, 0.2) is 0 Å². The lowest BCUT2D eigenvalue weighted by molar-refractivity contribution is 0.0702. The van der Waals surface area contributed by atoms with Gasteiger partial charge in [-0.05, 0) is 35.6 Å². The highest BCUT2D eigenvalue weighted by Gasteiger charge is 2.22. The summed E-state index contributed by atoms with van der Waals surface area (Å²) in [6, 6.07) is 1.16. The van der Waals surface area contributed by atoms with Gasteiger partial charge in [-0.25, -0.2) is 17.9 Å². The maximum atomic E-state index is 12.0. The Labute approximate surface area is 124 Å². The summed E-state index contributed by atoms with van der Waals surface area (Å²) in [5.41, 5.74) is 0. The van der Waals surface area contributed by atoms with Crippen LogP contribution >= 0.6 is 27.3 Å². The number of hydrogen-bond donors (Lipinski definition) is 2. The lowest BCUT2D eigenvalue weighted by Gasteiger charge is -2.13. The second-order valence-electron chi connectivity index (χ2n) is 3.85. The zero-order chi connectivity index (χ0) is 14.6. The van der Waals surface area contributed by atoms with Crippen LogP contribution in [0, 0.1) is 0 Å². The Hall–Kier alpha value is -0.480. The molecule has 0 aliphatic rings. The van der Waals surface area contributed by atoms with Gasteiger partial charge in [0.1, 0.15) is 9.77 Å². The first-order valence-electron chi connectivity index (χ1n) is 5.48. The minimum Gasteiger partial charge on any atom is -0.477 e. The molecule has 1 heterocycles. The Morgan fingerprint density at radius 3 is 2.68 bits per heavy atom. The number of nitrogens with zero attached hydrogens (tertiary/aromatic N) is 1. The van der Waals surface area contributed by atoms with Gasteiger partial charge in [-0.2, -0.15) is 0 Å². The number of carboxylic acid groups (broad SMARTS) is 1. The lowest BCUT2D eigenvalue weighted by Crippen LogP contribution is -2.32. The van der Waals surface area contributed by atoms with Gasteiger partial charge in [-0.15, -0.1) is 11.3 Å². The highest BCUT2D eigenvalue weighted by molar-refractivity contribution is 9.11. The molecule has 0 radical (unpaired) electrons. The molecule has 19 heavy (non-hydrogen) atoms. The minimum atomic E-state index is -3.68. The van der Waals surface area contributed by atoms with Crippen LogP contribution in [0.15, 0.2) is 14.7 Å². The smallest absolute Gasteiger partial charge is 0.345 e. The molecule has 1 rings (SSSR count). The third-order valence-corrected chi connectivity index (χ3v) is 6.18. The molecule has 2 N–H and O–H groups in total. The Balaban J connectivity index is 2.80. The van der Waals surface area contributed by atoms with Gasteiger partial charge >= 0.3 is 5.97 Å². The van der Waals surface area contributed by atoms with Crippen LogP contribution in [0.25, 0.3) is 0 Å². The zero-order valence-corrected chi connectivity index (χ0v) is 13.7. The normalized spacial score (nSPS) is 12.0. The Morgan fingerprint density at radius 1 is 1.58 bits per heavy atom. The molecule has 0 bridgehead atoms. The minimum absolute atomic E-state index is 0.0158. The average molecular weight is 371 g/mol. The molecule has 108 valence electrons. The van der Waals surface area contributed by atoms with Crippen molar-refractivity contribution in [1.29, 1.82) is 0 Å². The second kappa shape index (κ2) is 6.80. The van der Waals surface area contributed by atoms with Crippen molar-refractivity contribution >= 4 is 43.3 Å². The number of thiophene rings is 1. The molecule has 0 unspecified atom stereocenters. The summed E-state index contributed by atoms with van der Waals surface area (Å²) in [5.74, 6) is -1.14. The topological polar surface area (TPSA) is 86.7 Å². The van der Waals surface area contributed by atoms with E-state index in [2.05, 4.69) is 20.7 Å². The number of likely N-dealkylation sites (N-methyl/N-ethyl adjacent to an activating group) is 1. The van der Waals surface area contributed by atoms with Gasteiger partial charge in [-0.1, -0.05) is 6.92 Å². The van der Waals surface area contributed by atoms with Crippen LogP contribution in [0.3, 0.4) is 0 Å². The van der Waals surface area contributed by atoms with Crippen molar-refractivity contribution in [3.8, 4) is 0 Å². The van der Waals surface area contributed by atoms with E-state index >= 15 is 0 Å². The first-order valence-corrected chi connectivity index (χ1v) is 8.58. The number of carbonyl (C=O) groups is 1. The summed E-state index contributed by atoms with van der Waals surface area (Å²) in [4.78, 5) is 12.7. The quantitative estimate of drug-likeness (QED) is 0.758. The third-order valence-electron chi connectivity index (χ3n) is 2.48. The average Bonchev–Trinajstić information content (AvgIpc) is 2.71. The van der Waals surface area contributed by atoms with E-state index in [-0.39, 0.29) is 16.3 Å². The van der Waals surface area contributed by atoms with Crippen LogP contribution in [-0.4, -0.2) is 51.1 Å². The standard InChI is InChI=1S/C10H15BrN2O4S2/c1-3-13(2)5-4-12-19(16,17)8-6-7(10(14)15)18-9(8)11/h6,12H,3-5H2,1-2H3,(H,14,15). The fraction of sp³-hybridized carbons (Fsp3) is 0.500. The Morgan fingerprint density at radius 2 is 2.21 bits per heavy atom. The summed E-state index contributed by atoms with van der Waals surface area (Å²) >= 11 is 3.96. The Kier molecular flexibility index (Phi) is 5.93. The first kappa shape index (κ1) is 16.6. The van der Waals surface area contributed by atoms with E-state index in [0.717, 1.165) is 23.9 Å². The highest BCUT2D eigenvalue weighted by Crippen LogP contribution is 2.31. The second-order valence-corrected chi connectivity index (χ2v) is 7.95. The van der Waals surface area contributed by atoms with Crippen molar-refractivity contribution in [1.82, 2.24) is 9.62 Å². The molecule has 6 nitrogen and oxygen atoms in total. The van der Waals surface area contributed by atoms with E-state index < -0.39 is 16.0 Å². The lowest BCUT2D eigenvalue weighted by atomic mass is 10.5. The number of nitrogens with one attached hydrogen (secondary N) is 1. The van der Waals surface area contributed by atoms with Crippen molar-refractivity contribution in [2.45, 2.75) is 11.8 Å². The van der Waals surface area contributed by atoms with Crippen LogP contribution in [0.5, 0.6) is 0 Å². The molecule has 1 aromatic rings. The van der Waals surface area contributed by atoms with E-state index in [9.17, 15) is 13.2 Å². The number of halogens is 1. The van der Waals surface area contributed by atoms with Crippen molar-refractivity contribution in [3.63, 3.8) is 0 Å². The molecule has 0 atom stereocenters. The molecule has 9 heteroatoms. The summed E-state index contributed by atoms with van der Waals surface area (Å²) < 4.78 is 26.8. The summed E-state index contributed by atoms with van der Waals surface area (Å²) in [5, 5.41) is 8.84. The SMILES string of the molecule is CCN(C)CCNS(=O)(=O)c1cc(C(=O)O)sc1Br. The summed E-state index contributed by atoms with van der Waals surface area (Å²) in [6.45, 7) is 3.66. The molecule has 0 fully saturated rings. The maximum Gasteiger partial charge on any atom is 0.345 e. The van der Waals surface area contributed by atoms with Gasteiger partial charge in [0.05, 0.1) is 3.79 Å². The summed E-state index contributed by atoms with van der Waals surface area (Å²) in [7, 11) is -1.80. The predicted molar refractivity (Wildman–Crippen MR) is 77.3 cm³/mol. The van der Waals surface area contributed by atoms with Crippen LogP contribution in [0.2, 0.25) is 0 Å². The van der Waals surface area contributed by atoms with Crippen LogP contribution < -0.4 is 4.72 Å². The molecule has 0 aromatic carbocycles. The number of rotatable bonds is 7. The van der Waals surface area contributed by atoms with Gasteiger partial charge < -0.3 is 10.0 Å². The van der Waals surface area contributed by atoms with Gasteiger partial charge in [0, 0.05) is 13.1 Å². The van der Waals surface area contributed by atoms with E-state index in [1.165, 1.54) is 0 Å². The maximum absolute atomic E-state index is 12.0. The van der Waals surface area contributed by atoms with Crippen molar-refractivity contribution < 1.29 is 18.3 Å². The number of sulfonamides is 1. The van der Waals surface area contributed by atoms with Crippen LogP contribution in [0.4, 0.5) is 0 Å². The summed E-state index contributed by atoms with van der Waals surface area (Å²) in [6.07, 6.45) is 0. The van der Waals surface area contributed by atoms with E-state index in [0.29, 0.717) is 10.3 Å². The zero-order valence-electron chi connectivity index (χ0n) is 10.5. The van der Waals surface area contributed by atoms with Gasteiger partial charge in [-0.3, -0.25) is 0 Å². The molecular formula is C10H15BrN2O4S2. The third kappa shape index (κ3) is 4.53. The molecule has 0 spiro atoms. The van der Waals surface area contributed by atoms with Gasteiger partial charge in [0.25, 0.3) is 0 Å². The van der Waals surface area contributed by atoms with E-state index in [1.54, 1.807) is 0 Å². The predicted octanol–water partition coefficient (Wildman–Crippen LogP) is 1.44. The van der Waals surface area contributed by atoms with Crippen LogP contribution in [0.1, 0.15) is 16.6 Å². The molecule has 0 saturated heterocycles. The number of carboxylic acids is 1. The molecule has 0 saturated carbocycles. The van der Waals surface area contributed by atoms with Crippen molar-refractivity contribution in [2.75, 3.05) is 26.7 Å². The molecular weight excluding hydrogens is 356 g/mol. The first-order chi connectivity index (χ1) is 8.77. The van der Waals surface area contributed by atoms with Crippen molar-refractivity contribution in [2.24, 2.45) is 0 Å². The van der Waals surface area contributed by atoms with Gasteiger partial charge in [0.2, 0.25) is 10.0 Å². The Bertz CT molecular complexity index is 556. The van der Waals surface area contributed by atoms with Crippen molar-refractivity contribution in [3.05, 3.63) is 14.7 Å². The molecule has 0 amide bonds. The highest BCUT2D eigenvalue weighted by atomic mass is 79.9. The fourth-order valence-corrected chi connectivity index (χ4v) is 4.67. The van der Waals surface area contributed by atoms with E-state index in [4.69, 9.17) is 5.11 Å². The van der Waals surface area contributed by atoms with E-state index in [1.807, 2.05) is 18.9 Å². The number of aromatic carboxylic acids is 1. The molecule has 1 aromatic heterocycles. The number of hydrogen-bond acceptors (Lipinski definition) is 5. The monoisotopic (exact) mass is 370 g/mol. The molecule has 0 aliphatic carbocycles. The molecule has 0 aliphatic heterocycles. The fourth-order valence-electron chi connectivity index (χ4n) is 1.25.